The first-order valence-electron chi connectivity index (χ1n) is 2.81. The molecule has 0 aromatic rings. The van der Waals surface area contributed by atoms with Crippen LogP contribution in [-0.2, 0) is 4.79 Å². The fourth-order valence-electron chi connectivity index (χ4n) is 0.956. The van der Waals surface area contributed by atoms with Crippen molar-refractivity contribution in [2.75, 3.05) is 7.05 Å². The van der Waals surface area contributed by atoms with E-state index in [0.717, 1.165) is 11.3 Å². The highest BCUT2D eigenvalue weighted by molar-refractivity contribution is 6.18. The number of hydrogen-bond acceptors (Lipinski definition) is 2. The number of nitrogens with one attached hydrogen (secondary N) is 1. The lowest BCUT2D eigenvalue weighted by Gasteiger charge is -2.21. The highest BCUT2D eigenvalue weighted by Crippen LogP contribution is 2.24. The van der Waals surface area contributed by atoms with E-state index in [0.29, 0.717) is 5.57 Å². The Kier molecular flexibility index (Phi) is 1.16. The Morgan fingerprint density at radius 2 is 2.11 bits per heavy atom. The van der Waals surface area contributed by atoms with Gasteiger partial charge in [0.2, 0.25) is 0 Å². The number of carbonyl (C=O) groups excluding carboxylic acids is 1. The van der Waals surface area contributed by atoms with Crippen molar-refractivity contribution >= 4 is 5.78 Å². The van der Waals surface area contributed by atoms with Gasteiger partial charge in [0.05, 0.1) is 5.70 Å². The molecule has 1 N–H and O–H groups in total. The summed E-state index contributed by atoms with van der Waals surface area (Å²) in [5.41, 5.74) is 2.30. The van der Waals surface area contributed by atoms with Crippen molar-refractivity contribution in [2.24, 2.45) is 0 Å². The number of Topliss-reactive ketones (excluding diaryl/α,β-unsaturated/α-hetero) is 1. The SMILES string of the molecule is C=C1C(=O)C(C)=C1NC. The van der Waals surface area contributed by atoms with Crippen LogP contribution in [0.25, 0.3) is 0 Å². The first-order chi connectivity index (χ1) is 4.18. The van der Waals surface area contributed by atoms with Gasteiger partial charge in [0.15, 0.2) is 5.78 Å². The molecule has 9 heavy (non-hydrogen) atoms. The maximum atomic E-state index is 10.7. The summed E-state index contributed by atoms with van der Waals surface area (Å²) >= 11 is 0. The lowest BCUT2D eigenvalue weighted by atomic mass is 9.89. The minimum Gasteiger partial charge on any atom is -0.387 e. The number of carbonyl (C=O) groups is 1. The Morgan fingerprint density at radius 1 is 1.56 bits per heavy atom. The third kappa shape index (κ3) is 0.593. The lowest BCUT2D eigenvalue weighted by molar-refractivity contribution is -0.113. The van der Waals surface area contributed by atoms with Crippen LogP contribution in [0.1, 0.15) is 6.92 Å². The molecule has 0 radical (unpaired) electrons. The fourth-order valence-corrected chi connectivity index (χ4v) is 0.956. The van der Waals surface area contributed by atoms with Gasteiger partial charge >= 0.3 is 0 Å². The van der Waals surface area contributed by atoms with Crippen LogP contribution < -0.4 is 5.32 Å². The summed E-state index contributed by atoms with van der Waals surface area (Å²) in [4.78, 5) is 10.7. The summed E-state index contributed by atoms with van der Waals surface area (Å²) in [6, 6.07) is 0. The van der Waals surface area contributed by atoms with Gasteiger partial charge in [-0.3, -0.25) is 4.79 Å². The molecule has 1 rings (SSSR count). The maximum Gasteiger partial charge on any atom is 0.192 e. The van der Waals surface area contributed by atoms with E-state index in [9.17, 15) is 4.79 Å². The van der Waals surface area contributed by atoms with Crippen molar-refractivity contribution in [3.8, 4) is 0 Å². The summed E-state index contributed by atoms with van der Waals surface area (Å²) in [7, 11) is 1.79. The Balaban J connectivity index is 2.96. The molecule has 0 unspecified atom stereocenters. The number of likely N-dealkylation sites (N-methyl/N-ethyl adjacent to an activating group) is 1. The number of allylic oxidation sites excluding steroid dienone is 2. The van der Waals surface area contributed by atoms with E-state index in [-0.39, 0.29) is 5.78 Å². The predicted molar refractivity (Wildman–Crippen MR) is 35.9 cm³/mol. The molecule has 0 saturated carbocycles. The summed E-state index contributed by atoms with van der Waals surface area (Å²) in [6.45, 7) is 5.37. The van der Waals surface area contributed by atoms with Crippen LogP contribution in [0.15, 0.2) is 23.4 Å². The third-order valence-electron chi connectivity index (χ3n) is 1.54. The molecule has 0 aromatic heterocycles. The zero-order chi connectivity index (χ0) is 7.02. The minimum absolute atomic E-state index is 0.0827. The quantitative estimate of drug-likeness (QED) is 0.518. The molecule has 0 atom stereocenters. The van der Waals surface area contributed by atoms with E-state index in [1.807, 2.05) is 0 Å². The molecule has 0 aromatic carbocycles. The fraction of sp³-hybridized carbons (Fsp3) is 0.286. The monoisotopic (exact) mass is 123 g/mol. The van der Waals surface area contributed by atoms with Gasteiger partial charge in [-0.15, -0.1) is 0 Å². The van der Waals surface area contributed by atoms with Gasteiger partial charge < -0.3 is 5.32 Å². The molecular formula is C7H9NO. The molecule has 0 bridgehead atoms. The topological polar surface area (TPSA) is 29.1 Å². The van der Waals surface area contributed by atoms with Crippen LogP contribution in [0, 0.1) is 0 Å². The molecule has 0 spiro atoms. The van der Waals surface area contributed by atoms with E-state index >= 15 is 0 Å². The molecule has 0 fully saturated rings. The zero-order valence-corrected chi connectivity index (χ0v) is 5.62. The van der Waals surface area contributed by atoms with Gasteiger partial charge in [0.1, 0.15) is 0 Å². The van der Waals surface area contributed by atoms with E-state index in [1.54, 1.807) is 14.0 Å². The number of hydrogen-bond donors (Lipinski definition) is 1. The molecule has 2 heteroatoms. The first-order valence-corrected chi connectivity index (χ1v) is 2.81. The average molecular weight is 123 g/mol. The summed E-state index contributed by atoms with van der Waals surface area (Å²) < 4.78 is 0. The van der Waals surface area contributed by atoms with Gasteiger partial charge in [-0.2, -0.15) is 0 Å². The van der Waals surface area contributed by atoms with Crippen LogP contribution in [0.2, 0.25) is 0 Å². The molecule has 0 amide bonds. The van der Waals surface area contributed by atoms with Crippen LogP contribution >= 0.6 is 0 Å². The summed E-state index contributed by atoms with van der Waals surface area (Å²) in [6.07, 6.45) is 0. The van der Waals surface area contributed by atoms with E-state index in [1.165, 1.54) is 0 Å². The van der Waals surface area contributed by atoms with Gasteiger partial charge in [-0.25, -0.2) is 0 Å². The normalized spacial score (nSPS) is 18.0. The molecule has 0 saturated heterocycles. The Labute approximate surface area is 54.3 Å². The zero-order valence-electron chi connectivity index (χ0n) is 5.62. The molecule has 48 valence electrons. The number of ketones is 1. The summed E-state index contributed by atoms with van der Waals surface area (Å²) in [5, 5.41) is 2.89. The van der Waals surface area contributed by atoms with Gasteiger partial charge in [-0.1, -0.05) is 6.58 Å². The van der Waals surface area contributed by atoms with Gasteiger partial charge in [0.25, 0.3) is 0 Å². The minimum atomic E-state index is 0.0827. The van der Waals surface area contributed by atoms with Gasteiger partial charge in [-0.05, 0) is 6.92 Å². The standard InChI is InChI=1S/C7H9NO/c1-4-6(8-3)5(2)7(4)9/h8H,1H2,2-3H3. The number of rotatable bonds is 1. The van der Waals surface area contributed by atoms with Gasteiger partial charge in [0, 0.05) is 18.2 Å². The van der Waals surface area contributed by atoms with Crippen LogP contribution in [-0.4, -0.2) is 12.8 Å². The van der Waals surface area contributed by atoms with Crippen LogP contribution in [0.5, 0.6) is 0 Å². The average Bonchev–Trinajstić information content (AvgIpc) is 1.89. The van der Waals surface area contributed by atoms with Crippen LogP contribution in [0.3, 0.4) is 0 Å². The first kappa shape index (κ1) is 6.08. The second-order valence-corrected chi connectivity index (χ2v) is 2.06. The van der Waals surface area contributed by atoms with Crippen molar-refractivity contribution in [3.63, 3.8) is 0 Å². The van der Waals surface area contributed by atoms with Crippen molar-refractivity contribution in [1.82, 2.24) is 5.32 Å². The second-order valence-electron chi connectivity index (χ2n) is 2.06. The van der Waals surface area contributed by atoms with E-state index < -0.39 is 0 Å². The predicted octanol–water partition coefficient (Wildman–Crippen LogP) is 0.619. The van der Waals surface area contributed by atoms with Crippen molar-refractivity contribution < 1.29 is 4.79 Å². The smallest absolute Gasteiger partial charge is 0.192 e. The highest BCUT2D eigenvalue weighted by atomic mass is 16.1. The molecule has 0 aliphatic heterocycles. The van der Waals surface area contributed by atoms with Crippen molar-refractivity contribution in [1.29, 1.82) is 0 Å². The van der Waals surface area contributed by atoms with E-state index in [2.05, 4.69) is 11.9 Å². The third-order valence-corrected chi connectivity index (χ3v) is 1.54. The largest absolute Gasteiger partial charge is 0.387 e. The highest BCUT2D eigenvalue weighted by Gasteiger charge is 2.26. The Morgan fingerprint density at radius 3 is 2.33 bits per heavy atom. The lowest BCUT2D eigenvalue weighted by Crippen LogP contribution is -2.27. The molecule has 1 aliphatic carbocycles. The summed E-state index contributed by atoms with van der Waals surface area (Å²) in [5.74, 6) is 0.0827. The molecule has 1 aliphatic rings. The second kappa shape index (κ2) is 1.72. The molecule has 2 nitrogen and oxygen atoms in total. The Hall–Kier alpha value is -1.05. The maximum absolute atomic E-state index is 10.7. The van der Waals surface area contributed by atoms with E-state index in [4.69, 9.17) is 0 Å². The molecular weight excluding hydrogens is 114 g/mol. The van der Waals surface area contributed by atoms with Crippen molar-refractivity contribution in [3.05, 3.63) is 23.4 Å². The van der Waals surface area contributed by atoms with Crippen LogP contribution in [0.4, 0.5) is 0 Å². The molecule has 0 heterocycles. The van der Waals surface area contributed by atoms with Crippen molar-refractivity contribution in [2.45, 2.75) is 6.92 Å². The Bertz CT molecular complexity index is 213.